The number of likely N-dealkylation sites (N-methyl/N-ethyl adjacent to an activating group) is 1. The fourth-order valence-electron chi connectivity index (χ4n) is 3.10. The molecule has 1 fully saturated rings. The maximum absolute atomic E-state index is 12.3. The zero-order valence-electron chi connectivity index (χ0n) is 13.6. The van der Waals surface area contributed by atoms with Crippen LogP contribution in [0.4, 0.5) is 13.2 Å². The van der Waals surface area contributed by atoms with E-state index < -0.39 is 18.2 Å². The summed E-state index contributed by atoms with van der Waals surface area (Å²) in [7, 11) is 1.80. The molecule has 6 heteroatoms. The van der Waals surface area contributed by atoms with Crippen molar-refractivity contribution in [1.82, 2.24) is 4.90 Å². The molecular formula is C17H22F3NO2. The Labute approximate surface area is 134 Å². The normalized spacial score (nSPS) is 24.3. The standard InChI is InChI=1S/C17H22F3NO2/c1-16(2)14-9-12(5-4-8-23-11-17(18,19)20)6-7-13(14)10-21(3)15(16)22/h4,7-9,12H,5-6,10-11H2,1-3H3/b8-4+. The fourth-order valence-corrected chi connectivity index (χ4v) is 3.10. The summed E-state index contributed by atoms with van der Waals surface area (Å²) >= 11 is 0. The molecule has 0 aromatic carbocycles. The van der Waals surface area contributed by atoms with Crippen molar-refractivity contribution in [1.29, 1.82) is 0 Å². The maximum Gasteiger partial charge on any atom is 0.422 e. The van der Waals surface area contributed by atoms with Crippen LogP contribution < -0.4 is 0 Å². The Bertz CT molecular complexity index is 559. The molecule has 0 spiro atoms. The van der Waals surface area contributed by atoms with Gasteiger partial charge in [0.05, 0.1) is 11.7 Å². The minimum atomic E-state index is -4.31. The molecule has 0 aromatic rings. The Morgan fingerprint density at radius 3 is 2.78 bits per heavy atom. The van der Waals surface area contributed by atoms with E-state index in [4.69, 9.17) is 0 Å². The summed E-state index contributed by atoms with van der Waals surface area (Å²) in [5.74, 6) is 0.264. The number of halogens is 3. The number of hydrogen-bond acceptors (Lipinski definition) is 2. The molecule has 1 aliphatic heterocycles. The average Bonchev–Trinajstić information content (AvgIpc) is 2.44. The molecule has 1 unspecified atom stereocenters. The van der Waals surface area contributed by atoms with Crippen LogP contribution in [0.3, 0.4) is 0 Å². The average molecular weight is 329 g/mol. The lowest BCUT2D eigenvalue weighted by molar-refractivity contribution is -0.161. The molecule has 0 bridgehead atoms. The first-order chi connectivity index (χ1) is 10.6. The van der Waals surface area contributed by atoms with E-state index in [0.29, 0.717) is 13.0 Å². The number of carbonyl (C=O) groups is 1. The Morgan fingerprint density at radius 1 is 1.43 bits per heavy atom. The second-order valence-electron chi connectivity index (χ2n) is 6.63. The number of hydrogen-bond donors (Lipinski definition) is 0. The van der Waals surface area contributed by atoms with E-state index in [1.54, 1.807) is 18.0 Å². The number of nitrogens with zero attached hydrogens (tertiary/aromatic N) is 1. The summed E-state index contributed by atoms with van der Waals surface area (Å²) in [6, 6.07) is 0. The number of carbonyl (C=O) groups excluding carboxylic acids is 1. The van der Waals surface area contributed by atoms with E-state index >= 15 is 0 Å². The van der Waals surface area contributed by atoms with E-state index in [0.717, 1.165) is 18.3 Å². The van der Waals surface area contributed by atoms with Crippen LogP contribution in [-0.2, 0) is 9.53 Å². The van der Waals surface area contributed by atoms with Gasteiger partial charge in [0.1, 0.15) is 0 Å². The smallest absolute Gasteiger partial charge is 0.422 e. The minimum absolute atomic E-state index is 0.0885. The van der Waals surface area contributed by atoms with Crippen molar-refractivity contribution in [2.75, 3.05) is 20.2 Å². The third kappa shape index (κ3) is 4.18. The van der Waals surface area contributed by atoms with Gasteiger partial charge in [0.2, 0.25) is 5.91 Å². The molecule has 128 valence electrons. The van der Waals surface area contributed by atoms with Crippen LogP contribution in [0.5, 0.6) is 0 Å². The van der Waals surface area contributed by atoms with Gasteiger partial charge < -0.3 is 9.64 Å². The monoisotopic (exact) mass is 329 g/mol. The van der Waals surface area contributed by atoms with Gasteiger partial charge in [0.25, 0.3) is 0 Å². The van der Waals surface area contributed by atoms with Gasteiger partial charge in [-0.1, -0.05) is 12.2 Å². The summed E-state index contributed by atoms with van der Waals surface area (Å²) < 4.78 is 40.4. The molecule has 0 radical (unpaired) electrons. The SMILES string of the molecule is CN1CC2=CCC(C/C=C/OCC(F)(F)F)C=C2C(C)(C)C1=O. The van der Waals surface area contributed by atoms with Gasteiger partial charge in [0, 0.05) is 13.6 Å². The largest absolute Gasteiger partial charge is 0.492 e. The Hall–Kier alpha value is -1.72. The first kappa shape index (κ1) is 17.6. The number of rotatable bonds is 4. The number of likely N-dealkylation sites (tertiary alicyclic amines) is 1. The maximum atomic E-state index is 12.3. The Kier molecular flexibility index (Phi) is 4.92. The van der Waals surface area contributed by atoms with Crippen molar-refractivity contribution < 1.29 is 22.7 Å². The third-order valence-corrected chi connectivity index (χ3v) is 4.26. The van der Waals surface area contributed by atoms with Gasteiger partial charge >= 0.3 is 6.18 Å². The zero-order valence-corrected chi connectivity index (χ0v) is 13.6. The van der Waals surface area contributed by atoms with E-state index in [2.05, 4.69) is 16.9 Å². The minimum Gasteiger partial charge on any atom is -0.492 e. The summed E-state index contributed by atoms with van der Waals surface area (Å²) in [6.45, 7) is 3.17. The number of amides is 1. The predicted molar refractivity (Wildman–Crippen MR) is 81.5 cm³/mol. The van der Waals surface area contributed by atoms with Crippen LogP contribution in [0, 0.1) is 11.3 Å². The number of fused-ring (bicyclic) bond motifs is 1. The molecular weight excluding hydrogens is 307 g/mol. The van der Waals surface area contributed by atoms with Crippen LogP contribution >= 0.6 is 0 Å². The topological polar surface area (TPSA) is 29.5 Å². The van der Waals surface area contributed by atoms with Gasteiger partial charge in [-0.15, -0.1) is 0 Å². The summed E-state index contributed by atoms with van der Waals surface area (Å²) in [6.07, 6.45) is 4.04. The second kappa shape index (κ2) is 6.42. The van der Waals surface area contributed by atoms with E-state index in [1.165, 1.54) is 5.57 Å². The van der Waals surface area contributed by atoms with Crippen LogP contribution in [0.15, 0.2) is 35.6 Å². The highest BCUT2D eigenvalue weighted by molar-refractivity contribution is 5.88. The predicted octanol–water partition coefficient (Wildman–Crippen LogP) is 3.84. The van der Waals surface area contributed by atoms with Crippen LogP contribution in [0.25, 0.3) is 0 Å². The summed E-state index contributed by atoms with van der Waals surface area (Å²) in [5.41, 5.74) is 1.65. The molecule has 0 aromatic heterocycles. The molecule has 23 heavy (non-hydrogen) atoms. The molecule has 3 nitrogen and oxygen atoms in total. The van der Waals surface area contributed by atoms with Crippen molar-refractivity contribution in [3.8, 4) is 0 Å². The molecule has 1 amide bonds. The first-order valence-electron chi connectivity index (χ1n) is 7.62. The van der Waals surface area contributed by atoms with E-state index in [1.807, 2.05) is 13.8 Å². The molecule has 0 N–H and O–H groups in total. The van der Waals surface area contributed by atoms with Crippen LogP contribution in [0.2, 0.25) is 0 Å². The second-order valence-corrected chi connectivity index (χ2v) is 6.63. The van der Waals surface area contributed by atoms with Crippen molar-refractivity contribution in [3.63, 3.8) is 0 Å². The molecule has 2 aliphatic rings. The number of alkyl halides is 3. The molecule has 1 saturated heterocycles. The van der Waals surface area contributed by atoms with Crippen molar-refractivity contribution >= 4 is 5.91 Å². The summed E-state index contributed by atoms with van der Waals surface area (Å²) in [5, 5.41) is 0. The first-order valence-corrected chi connectivity index (χ1v) is 7.62. The van der Waals surface area contributed by atoms with Crippen molar-refractivity contribution in [2.24, 2.45) is 11.3 Å². The van der Waals surface area contributed by atoms with Crippen molar-refractivity contribution in [3.05, 3.63) is 35.6 Å². The van der Waals surface area contributed by atoms with E-state index in [9.17, 15) is 18.0 Å². The summed E-state index contributed by atoms with van der Waals surface area (Å²) in [4.78, 5) is 14.0. The van der Waals surface area contributed by atoms with E-state index in [-0.39, 0.29) is 11.8 Å². The molecule has 1 aliphatic carbocycles. The number of piperidine rings is 1. The lowest BCUT2D eigenvalue weighted by Gasteiger charge is -2.41. The highest BCUT2D eigenvalue weighted by Gasteiger charge is 2.41. The molecule has 1 heterocycles. The Morgan fingerprint density at radius 2 is 2.13 bits per heavy atom. The van der Waals surface area contributed by atoms with Gasteiger partial charge in [-0.3, -0.25) is 4.79 Å². The number of allylic oxidation sites excluding steroid dienone is 3. The van der Waals surface area contributed by atoms with Crippen LogP contribution in [-0.4, -0.2) is 37.2 Å². The van der Waals surface area contributed by atoms with Crippen molar-refractivity contribution in [2.45, 2.75) is 32.9 Å². The van der Waals surface area contributed by atoms with Gasteiger partial charge in [-0.2, -0.15) is 13.2 Å². The fraction of sp³-hybridized carbons (Fsp3) is 0.588. The van der Waals surface area contributed by atoms with Crippen LogP contribution in [0.1, 0.15) is 26.7 Å². The zero-order chi connectivity index (χ0) is 17.3. The molecule has 0 saturated carbocycles. The molecule has 1 atom stereocenters. The lowest BCUT2D eigenvalue weighted by Crippen LogP contribution is -2.46. The highest BCUT2D eigenvalue weighted by atomic mass is 19.4. The van der Waals surface area contributed by atoms with Gasteiger partial charge in [0.15, 0.2) is 6.61 Å². The Balaban J connectivity index is 1.98. The molecule has 2 rings (SSSR count). The highest BCUT2D eigenvalue weighted by Crippen LogP contribution is 2.42. The van der Waals surface area contributed by atoms with Gasteiger partial charge in [-0.05, 0) is 49.8 Å². The van der Waals surface area contributed by atoms with Gasteiger partial charge in [-0.25, -0.2) is 0 Å². The third-order valence-electron chi connectivity index (χ3n) is 4.26. The quantitative estimate of drug-likeness (QED) is 0.734. The lowest BCUT2D eigenvalue weighted by atomic mass is 9.71. The number of ether oxygens (including phenoxy) is 1.